The third kappa shape index (κ3) is 5.61. The molecule has 2 heterocycles. The molecule has 21 heavy (non-hydrogen) atoms. The second-order valence-electron chi connectivity index (χ2n) is 5.72. The highest BCUT2D eigenvalue weighted by Gasteiger charge is 2.19. The lowest BCUT2D eigenvalue weighted by Gasteiger charge is -2.31. The zero-order valence-electron chi connectivity index (χ0n) is 13.3. The number of morpholine rings is 1. The van der Waals surface area contributed by atoms with Gasteiger partial charge in [0.05, 0.1) is 18.5 Å². The van der Waals surface area contributed by atoms with Crippen molar-refractivity contribution in [3.63, 3.8) is 0 Å². The van der Waals surface area contributed by atoms with E-state index in [1.54, 1.807) is 6.20 Å². The summed E-state index contributed by atoms with van der Waals surface area (Å²) in [5.41, 5.74) is 1.03. The molecule has 1 aliphatic heterocycles. The number of rotatable bonds is 7. The quantitative estimate of drug-likeness (QED) is 0.829. The average molecular weight is 293 g/mol. The molecule has 1 unspecified atom stereocenters. The van der Waals surface area contributed by atoms with Crippen LogP contribution in [-0.4, -0.2) is 54.9 Å². The largest absolute Gasteiger partial charge is 0.489 e. The van der Waals surface area contributed by atoms with Crippen molar-refractivity contribution in [1.29, 1.82) is 0 Å². The molecule has 2 rings (SSSR count). The molecule has 0 bridgehead atoms. The fourth-order valence-corrected chi connectivity index (χ4v) is 2.27. The summed E-state index contributed by atoms with van der Waals surface area (Å²) in [7, 11) is 0. The van der Waals surface area contributed by atoms with E-state index >= 15 is 0 Å². The highest BCUT2D eigenvalue weighted by atomic mass is 16.5. The molecule has 1 aromatic rings. The fourth-order valence-electron chi connectivity index (χ4n) is 2.27. The molecule has 1 aliphatic rings. The van der Waals surface area contributed by atoms with Gasteiger partial charge in [-0.05, 0) is 18.7 Å². The number of hydrogen-bond donors (Lipinski definition) is 1. The molecule has 0 spiro atoms. The van der Waals surface area contributed by atoms with Crippen molar-refractivity contribution >= 4 is 0 Å². The minimum absolute atomic E-state index is 0.154. The van der Waals surface area contributed by atoms with Crippen LogP contribution in [0.25, 0.3) is 0 Å². The van der Waals surface area contributed by atoms with Crippen LogP contribution in [0.1, 0.15) is 26.5 Å². The van der Waals surface area contributed by atoms with Crippen LogP contribution in [0.15, 0.2) is 18.3 Å². The van der Waals surface area contributed by atoms with E-state index in [0.717, 1.165) is 44.2 Å². The second-order valence-corrected chi connectivity index (χ2v) is 5.72. The summed E-state index contributed by atoms with van der Waals surface area (Å²) in [6, 6.07) is 4.45. The second kappa shape index (κ2) is 8.32. The molecule has 0 radical (unpaired) electrons. The molecule has 0 amide bonds. The maximum Gasteiger partial charge on any atom is 0.137 e. The summed E-state index contributed by atoms with van der Waals surface area (Å²) in [4.78, 5) is 6.79. The third-order valence-corrected chi connectivity index (χ3v) is 3.60. The van der Waals surface area contributed by atoms with Crippen LogP contribution < -0.4 is 10.1 Å². The Balaban J connectivity index is 1.75. The molecule has 1 aromatic heterocycles. The van der Waals surface area contributed by atoms with Gasteiger partial charge in [-0.25, -0.2) is 0 Å². The van der Waals surface area contributed by atoms with Crippen LogP contribution in [0.5, 0.6) is 5.75 Å². The lowest BCUT2D eigenvalue weighted by Crippen LogP contribution is -2.44. The number of nitrogens with one attached hydrogen (secondary N) is 1. The zero-order chi connectivity index (χ0) is 15.1. The predicted molar refractivity (Wildman–Crippen MR) is 83.6 cm³/mol. The van der Waals surface area contributed by atoms with Gasteiger partial charge in [-0.2, -0.15) is 0 Å². The summed E-state index contributed by atoms with van der Waals surface area (Å²) in [6.45, 7) is 11.6. The standard InChI is InChI=1S/C16H27N3O2/c1-4-19-7-8-20-16(11-19)12-21-15-6-5-14(18-10-15)9-17-13(2)3/h5-6,10,13,16-17H,4,7-9,11-12H2,1-3H3. The Kier molecular flexibility index (Phi) is 6.42. The predicted octanol–water partition coefficient (Wildman–Crippen LogP) is 1.68. The number of nitrogens with zero attached hydrogens (tertiary/aromatic N) is 2. The minimum atomic E-state index is 0.154. The van der Waals surface area contributed by atoms with Crippen molar-refractivity contribution < 1.29 is 9.47 Å². The molecule has 0 aliphatic carbocycles. The highest BCUT2D eigenvalue weighted by molar-refractivity contribution is 5.19. The molecular formula is C16H27N3O2. The van der Waals surface area contributed by atoms with Crippen molar-refractivity contribution in [1.82, 2.24) is 15.2 Å². The first-order chi connectivity index (χ1) is 10.2. The first-order valence-corrected chi connectivity index (χ1v) is 7.82. The van der Waals surface area contributed by atoms with Crippen LogP contribution >= 0.6 is 0 Å². The van der Waals surface area contributed by atoms with E-state index in [-0.39, 0.29) is 6.10 Å². The Labute approximate surface area is 127 Å². The number of aromatic nitrogens is 1. The Bertz CT molecular complexity index is 408. The monoisotopic (exact) mass is 293 g/mol. The van der Waals surface area contributed by atoms with Crippen molar-refractivity contribution in [3.05, 3.63) is 24.0 Å². The smallest absolute Gasteiger partial charge is 0.137 e. The van der Waals surface area contributed by atoms with Gasteiger partial charge in [-0.3, -0.25) is 9.88 Å². The number of likely N-dealkylation sites (N-methyl/N-ethyl adjacent to an activating group) is 1. The van der Waals surface area contributed by atoms with E-state index < -0.39 is 0 Å². The maximum absolute atomic E-state index is 5.78. The van der Waals surface area contributed by atoms with Crippen molar-refractivity contribution in [2.75, 3.05) is 32.8 Å². The van der Waals surface area contributed by atoms with E-state index in [2.05, 4.69) is 36.0 Å². The summed E-state index contributed by atoms with van der Waals surface area (Å²) in [5.74, 6) is 0.806. The van der Waals surface area contributed by atoms with Crippen LogP contribution in [0.3, 0.4) is 0 Å². The summed E-state index contributed by atoms with van der Waals surface area (Å²) < 4.78 is 11.5. The molecule has 5 heteroatoms. The van der Waals surface area contributed by atoms with E-state index in [1.807, 2.05) is 12.1 Å². The molecule has 0 saturated carbocycles. The average Bonchev–Trinajstić information content (AvgIpc) is 2.52. The Morgan fingerprint density at radius 1 is 1.48 bits per heavy atom. The SMILES string of the molecule is CCN1CCOC(COc2ccc(CNC(C)C)nc2)C1. The first kappa shape index (κ1) is 16.2. The number of ether oxygens (including phenoxy) is 2. The van der Waals surface area contributed by atoms with Crippen LogP contribution in [0.2, 0.25) is 0 Å². The molecule has 5 nitrogen and oxygen atoms in total. The molecule has 1 saturated heterocycles. The maximum atomic E-state index is 5.78. The van der Waals surface area contributed by atoms with E-state index in [0.29, 0.717) is 12.6 Å². The van der Waals surface area contributed by atoms with Gasteiger partial charge in [0.1, 0.15) is 18.5 Å². The van der Waals surface area contributed by atoms with Gasteiger partial charge in [0.25, 0.3) is 0 Å². The third-order valence-electron chi connectivity index (χ3n) is 3.60. The summed E-state index contributed by atoms with van der Waals surface area (Å²) >= 11 is 0. The van der Waals surface area contributed by atoms with E-state index in [1.165, 1.54) is 0 Å². The van der Waals surface area contributed by atoms with Crippen LogP contribution in [-0.2, 0) is 11.3 Å². The van der Waals surface area contributed by atoms with Crippen LogP contribution in [0, 0.1) is 0 Å². The lowest BCUT2D eigenvalue weighted by molar-refractivity contribution is -0.0464. The van der Waals surface area contributed by atoms with Gasteiger partial charge in [-0.1, -0.05) is 20.8 Å². The van der Waals surface area contributed by atoms with E-state index in [9.17, 15) is 0 Å². The highest BCUT2D eigenvalue weighted by Crippen LogP contribution is 2.12. The number of hydrogen-bond acceptors (Lipinski definition) is 5. The molecule has 1 atom stereocenters. The zero-order valence-corrected chi connectivity index (χ0v) is 13.3. The van der Waals surface area contributed by atoms with Gasteiger partial charge in [0, 0.05) is 25.7 Å². The van der Waals surface area contributed by atoms with Gasteiger partial charge in [0.15, 0.2) is 0 Å². The Morgan fingerprint density at radius 3 is 3.00 bits per heavy atom. The molecular weight excluding hydrogens is 266 g/mol. The summed E-state index contributed by atoms with van der Waals surface area (Å²) in [5, 5.41) is 3.35. The van der Waals surface area contributed by atoms with Gasteiger partial charge in [-0.15, -0.1) is 0 Å². The van der Waals surface area contributed by atoms with E-state index in [4.69, 9.17) is 9.47 Å². The first-order valence-electron chi connectivity index (χ1n) is 7.82. The fraction of sp³-hybridized carbons (Fsp3) is 0.688. The molecule has 0 aromatic carbocycles. The molecule has 1 N–H and O–H groups in total. The van der Waals surface area contributed by atoms with Gasteiger partial charge >= 0.3 is 0 Å². The van der Waals surface area contributed by atoms with Crippen molar-refractivity contribution in [2.24, 2.45) is 0 Å². The normalized spacial score (nSPS) is 19.9. The Hall–Kier alpha value is -1.17. The molecule has 118 valence electrons. The van der Waals surface area contributed by atoms with Gasteiger partial charge in [0.2, 0.25) is 0 Å². The topological polar surface area (TPSA) is 46.6 Å². The number of pyridine rings is 1. The molecule has 1 fully saturated rings. The van der Waals surface area contributed by atoms with Crippen molar-refractivity contribution in [3.8, 4) is 5.75 Å². The minimum Gasteiger partial charge on any atom is -0.489 e. The Morgan fingerprint density at radius 2 is 2.33 bits per heavy atom. The lowest BCUT2D eigenvalue weighted by atomic mass is 10.3. The summed E-state index contributed by atoms with van der Waals surface area (Å²) in [6.07, 6.45) is 1.94. The van der Waals surface area contributed by atoms with Crippen molar-refractivity contribution in [2.45, 2.75) is 39.5 Å². The van der Waals surface area contributed by atoms with Gasteiger partial charge < -0.3 is 14.8 Å². The van der Waals surface area contributed by atoms with Crippen LogP contribution in [0.4, 0.5) is 0 Å².